The Morgan fingerprint density at radius 3 is 2.19 bits per heavy atom. The molecule has 0 aromatic heterocycles. The van der Waals surface area contributed by atoms with Crippen molar-refractivity contribution < 1.29 is 18.3 Å². The average molecular weight is 454 g/mol. The Kier molecular flexibility index (Phi) is 5.60. The highest BCUT2D eigenvalue weighted by Crippen LogP contribution is 2.43. The summed E-state index contributed by atoms with van der Waals surface area (Å²) in [4.78, 5) is 14.1. The van der Waals surface area contributed by atoms with Crippen molar-refractivity contribution >= 4 is 27.3 Å². The van der Waals surface area contributed by atoms with E-state index < -0.39 is 27.5 Å². The van der Waals surface area contributed by atoms with E-state index in [-0.39, 0.29) is 16.3 Å². The minimum Gasteiger partial charge on any atom is -0.502 e. The quantitative estimate of drug-likeness (QED) is 0.591. The summed E-state index contributed by atoms with van der Waals surface area (Å²) in [5, 5.41) is 11.2. The average Bonchev–Trinajstić information content (AvgIpc) is 3.02. The monoisotopic (exact) mass is 453 g/mol. The van der Waals surface area contributed by atoms with Gasteiger partial charge in [0.25, 0.3) is 5.91 Å². The Bertz CT molecular complexity index is 1270. The van der Waals surface area contributed by atoms with E-state index in [2.05, 4.69) is 0 Å². The summed E-state index contributed by atoms with van der Waals surface area (Å²) in [5.74, 6) is -1.51. The fourth-order valence-corrected chi connectivity index (χ4v) is 5.53. The summed E-state index contributed by atoms with van der Waals surface area (Å²) in [6.45, 7) is 1.90. The number of nitrogens with zero attached hydrogens (tertiary/aromatic N) is 1. The molecule has 0 saturated carbocycles. The molecule has 5 nitrogen and oxygen atoms in total. The second-order valence-corrected chi connectivity index (χ2v) is 9.69. The lowest BCUT2D eigenvalue weighted by Crippen LogP contribution is -2.30. The van der Waals surface area contributed by atoms with Gasteiger partial charge in [0.05, 0.1) is 10.9 Å². The van der Waals surface area contributed by atoms with Gasteiger partial charge in [-0.1, -0.05) is 77.8 Å². The molecule has 1 atom stereocenters. The molecule has 0 fully saturated rings. The fraction of sp³-hybridized carbons (Fsp3) is 0.125. The van der Waals surface area contributed by atoms with Gasteiger partial charge in [0, 0.05) is 11.6 Å². The Morgan fingerprint density at radius 2 is 1.55 bits per heavy atom. The van der Waals surface area contributed by atoms with Gasteiger partial charge in [-0.05, 0) is 36.2 Å². The number of hydrogen-bond donors (Lipinski definition) is 1. The highest BCUT2D eigenvalue weighted by atomic mass is 35.5. The summed E-state index contributed by atoms with van der Waals surface area (Å²) < 4.78 is 27.1. The molecule has 158 valence electrons. The number of benzene rings is 3. The van der Waals surface area contributed by atoms with Crippen molar-refractivity contribution in [3.8, 4) is 0 Å². The van der Waals surface area contributed by atoms with Crippen LogP contribution >= 0.6 is 11.6 Å². The summed E-state index contributed by atoms with van der Waals surface area (Å²) >= 11 is 6.29. The van der Waals surface area contributed by atoms with E-state index in [1.807, 2.05) is 6.92 Å². The van der Waals surface area contributed by atoms with Crippen LogP contribution in [0.15, 0.2) is 94.4 Å². The molecule has 0 saturated heterocycles. The van der Waals surface area contributed by atoms with Gasteiger partial charge in [-0.25, -0.2) is 8.42 Å². The number of rotatable bonds is 5. The van der Waals surface area contributed by atoms with Gasteiger partial charge in [-0.3, -0.25) is 4.79 Å². The summed E-state index contributed by atoms with van der Waals surface area (Å²) in [5.41, 5.74) is 2.14. The van der Waals surface area contributed by atoms with E-state index in [0.29, 0.717) is 16.1 Å². The van der Waals surface area contributed by atoms with E-state index in [1.54, 1.807) is 66.7 Å². The normalized spacial score (nSPS) is 16.8. The van der Waals surface area contributed by atoms with Crippen LogP contribution in [0, 0.1) is 6.92 Å². The van der Waals surface area contributed by atoms with Gasteiger partial charge in [0.1, 0.15) is 4.91 Å². The maximum atomic E-state index is 13.5. The number of carbonyl (C=O) groups is 1. The van der Waals surface area contributed by atoms with Gasteiger partial charge in [-0.15, -0.1) is 0 Å². The van der Waals surface area contributed by atoms with Crippen molar-refractivity contribution in [3.63, 3.8) is 0 Å². The number of carbonyl (C=O) groups excluding carboxylic acids is 1. The number of sulfone groups is 1. The van der Waals surface area contributed by atoms with Crippen LogP contribution in [-0.4, -0.2) is 24.3 Å². The molecule has 4 rings (SSSR count). The Balaban J connectivity index is 1.86. The SMILES string of the molecule is Cc1ccc(S(=O)(=O)C2=C(O)C(=O)N(Cc3ccccc3Cl)[C@H]2c2ccccc2)cc1. The van der Waals surface area contributed by atoms with Crippen LogP contribution in [0.2, 0.25) is 5.02 Å². The first kappa shape index (κ1) is 21.2. The smallest absolute Gasteiger partial charge is 0.290 e. The predicted molar refractivity (Wildman–Crippen MR) is 119 cm³/mol. The maximum absolute atomic E-state index is 13.5. The molecule has 0 bridgehead atoms. The van der Waals surface area contributed by atoms with Crippen molar-refractivity contribution in [1.29, 1.82) is 0 Å². The summed E-state index contributed by atoms with van der Waals surface area (Å²) in [6.07, 6.45) is 0. The molecule has 0 spiro atoms. The Morgan fingerprint density at radius 1 is 0.935 bits per heavy atom. The molecule has 1 N–H and O–H groups in total. The number of hydrogen-bond acceptors (Lipinski definition) is 4. The number of aliphatic hydroxyl groups excluding tert-OH is 1. The fourth-order valence-electron chi connectivity index (χ4n) is 3.69. The maximum Gasteiger partial charge on any atom is 0.290 e. The number of halogens is 1. The van der Waals surface area contributed by atoms with Crippen molar-refractivity contribution in [2.24, 2.45) is 0 Å². The van der Waals surface area contributed by atoms with Gasteiger partial charge in [0.15, 0.2) is 5.76 Å². The number of amides is 1. The molecule has 0 unspecified atom stereocenters. The van der Waals surface area contributed by atoms with Crippen molar-refractivity contribution in [2.45, 2.75) is 24.4 Å². The van der Waals surface area contributed by atoms with Gasteiger partial charge >= 0.3 is 0 Å². The van der Waals surface area contributed by atoms with Crippen LogP contribution < -0.4 is 0 Å². The van der Waals surface area contributed by atoms with Crippen molar-refractivity contribution in [2.75, 3.05) is 0 Å². The van der Waals surface area contributed by atoms with E-state index >= 15 is 0 Å². The van der Waals surface area contributed by atoms with Gasteiger partial charge in [0.2, 0.25) is 9.84 Å². The first-order valence-corrected chi connectivity index (χ1v) is 11.5. The minimum atomic E-state index is -4.14. The topological polar surface area (TPSA) is 74.7 Å². The van der Waals surface area contributed by atoms with Crippen molar-refractivity contribution in [1.82, 2.24) is 4.90 Å². The first-order valence-electron chi connectivity index (χ1n) is 9.65. The molecule has 0 radical (unpaired) electrons. The third kappa shape index (κ3) is 3.84. The second kappa shape index (κ2) is 8.21. The summed E-state index contributed by atoms with van der Waals surface area (Å²) in [7, 11) is -4.14. The molecule has 31 heavy (non-hydrogen) atoms. The van der Waals surface area contributed by atoms with Crippen LogP contribution in [0.25, 0.3) is 0 Å². The second-order valence-electron chi connectivity index (χ2n) is 7.37. The van der Waals surface area contributed by atoms with Crippen LogP contribution in [0.1, 0.15) is 22.7 Å². The number of aryl methyl sites for hydroxylation is 1. The third-order valence-corrected chi connectivity index (χ3v) is 7.55. The summed E-state index contributed by atoms with van der Waals surface area (Å²) in [6, 6.07) is 21.2. The standard InChI is InChI=1S/C24H20ClNO4S/c1-16-11-13-19(14-12-16)31(29,30)23-21(17-7-3-2-4-8-17)26(24(28)22(23)27)15-18-9-5-6-10-20(18)25/h2-14,21,27H,15H2,1H3/t21-/m0/s1. The number of aliphatic hydroxyl groups is 1. The molecular formula is C24H20ClNO4S. The van der Waals surface area contributed by atoms with E-state index in [9.17, 15) is 18.3 Å². The van der Waals surface area contributed by atoms with Crippen LogP contribution in [0.4, 0.5) is 0 Å². The Hall–Kier alpha value is -3.09. The lowest BCUT2D eigenvalue weighted by atomic mass is 10.1. The first-order chi connectivity index (χ1) is 14.8. The zero-order valence-corrected chi connectivity index (χ0v) is 18.3. The van der Waals surface area contributed by atoms with Gasteiger partial charge in [-0.2, -0.15) is 0 Å². The zero-order valence-electron chi connectivity index (χ0n) is 16.7. The molecular weight excluding hydrogens is 434 g/mol. The molecule has 3 aromatic rings. The Labute approximate surface area is 186 Å². The zero-order chi connectivity index (χ0) is 22.2. The third-order valence-electron chi connectivity index (χ3n) is 5.29. The molecule has 1 aliphatic heterocycles. The van der Waals surface area contributed by atoms with Gasteiger partial charge < -0.3 is 10.0 Å². The molecule has 1 amide bonds. The molecule has 1 heterocycles. The minimum absolute atomic E-state index is 0.0213. The molecule has 3 aromatic carbocycles. The molecule has 7 heteroatoms. The highest BCUT2D eigenvalue weighted by molar-refractivity contribution is 7.95. The largest absolute Gasteiger partial charge is 0.502 e. The highest BCUT2D eigenvalue weighted by Gasteiger charge is 2.46. The van der Waals surface area contributed by atoms with Crippen LogP contribution in [0.5, 0.6) is 0 Å². The van der Waals surface area contributed by atoms with E-state index in [1.165, 1.54) is 17.0 Å². The van der Waals surface area contributed by atoms with Crippen LogP contribution in [0.3, 0.4) is 0 Å². The molecule has 0 aliphatic carbocycles. The molecule has 1 aliphatic rings. The van der Waals surface area contributed by atoms with Crippen molar-refractivity contribution in [3.05, 3.63) is 111 Å². The van der Waals surface area contributed by atoms with Crippen LogP contribution in [-0.2, 0) is 21.2 Å². The van der Waals surface area contributed by atoms with E-state index in [0.717, 1.165) is 5.56 Å². The lowest BCUT2D eigenvalue weighted by molar-refractivity contribution is -0.130. The lowest BCUT2D eigenvalue weighted by Gasteiger charge is -2.27. The van der Waals surface area contributed by atoms with E-state index in [4.69, 9.17) is 11.6 Å². The predicted octanol–water partition coefficient (Wildman–Crippen LogP) is 4.98.